The molecule has 2 aromatic rings. The van der Waals surface area contributed by atoms with Crippen LogP contribution in [0.1, 0.15) is 51.8 Å². The van der Waals surface area contributed by atoms with Gasteiger partial charge in [0.15, 0.2) is 5.78 Å². The zero-order valence-corrected chi connectivity index (χ0v) is 13.5. The van der Waals surface area contributed by atoms with E-state index in [1.54, 1.807) is 11.3 Å². The molecule has 0 radical (unpaired) electrons. The number of carbonyl (C=O) groups excluding carboxylic acids is 1. The molecule has 2 rings (SSSR count). The Kier molecular flexibility index (Phi) is 3.87. The summed E-state index contributed by atoms with van der Waals surface area (Å²) in [5.74, 6) is 0.123. The Morgan fingerprint density at radius 2 is 1.95 bits per heavy atom. The molecular formula is C14H18N2OS2. The van der Waals surface area contributed by atoms with Gasteiger partial charge in [0, 0.05) is 10.8 Å². The van der Waals surface area contributed by atoms with Gasteiger partial charge in [0.1, 0.15) is 5.01 Å². The lowest BCUT2D eigenvalue weighted by Gasteiger charge is -2.14. The molecule has 5 heteroatoms. The molecule has 0 aromatic carbocycles. The third kappa shape index (κ3) is 3.28. The van der Waals surface area contributed by atoms with Crippen LogP contribution in [0.25, 0.3) is 0 Å². The second-order valence-electron chi connectivity index (χ2n) is 5.62. The van der Waals surface area contributed by atoms with Gasteiger partial charge in [-0.1, -0.05) is 20.8 Å². The predicted octanol–water partition coefficient (Wildman–Crippen LogP) is 3.94. The van der Waals surface area contributed by atoms with E-state index in [9.17, 15) is 4.79 Å². The summed E-state index contributed by atoms with van der Waals surface area (Å²) in [5.41, 5.74) is 1.92. The zero-order chi connectivity index (χ0) is 14.2. The number of thiazole rings is 2. The van der Waals surface area contributed by atoms with E-state index in [4.69, 9.17) is 0 Å². The van der Waals surface area contributed by atoms with Crippen LogP contribution < -0.4 is 0 Å². The van der Waals surface area contributed by atoms with E-state index in [1.807, 2.05) is 19.2 Å². The number of hydrogen-bond donors (Lipinski definition) is 0. The normalized spacial score (nSPS) is 11.8. The topological polar surface area (TPSA) is 42.9 Å². The first-order valence-electron chi connectivity index (χ1n) is 6.19. The summed E-state index contributed by atoms with van der Waals surface area (Å²) in [6, 6.07) is 0. The predicted molar refractivity (Wildman–Crippen MR) is 80.4 cm³/mol. The molecule has 0 aliphatic rings. The van der Waals surface area contributed by atoms with E-state index in [1.165, 1.54) is 11.3 Å². The Balaban J connectivity index is 2.16. The average Bonchev–Trinajstić information content (AvgIpc) is 2.84. The van der Waals surface area contributed by atoms with Gasteiger partial charge in [-0.3, -0.25) is 4.79 Å². The molecule has 0 saturated heterocycles. The summed E-state index contributed by atoms with van der Waals surface area (Å²) >= 11 is 3.03. The fourth-order valence-corrected chi connectivity index (χ4v) is 3.62. The Morgan fingerprint density at radius 1 is 1.26 bits per heavy atom. The molecule has 102 valence electrons. The van der Waals surface area contributed by atoms with Gasteiger partial charge < -0.3 is 0 Å². The van der Waals surface area contributed by atoms with Crippen LogP contribution in [0.3, 0.4) is 0 Å². The van der Waals surface area contributed by atoms with Crippen molar-refractivity contribution in [3.05, 3.63) is 31.7 Å². The molecule has 0 unspecified atom stereocenters. The van der Waals surface area contributed by atoms with E-state index in [0.717, 1.165) is 26.3 Å². The van der Waals surface area contributed by atoms with Crippen molar-refractivity contribution in [2.45, 2.75) is 46.5 Å². The number of hydrogen-bond acceptors (Lipinski definition) is 5. The van der Waals surface area contributed by atoms with E-state index >= 15 is 0 Å². The van der Waals surface area contributed by atoms with Gasteiger partial charge in [0.25, 0.3) is 0 Å². The first kappa shape index (κ1) is 14.3. The highest BCUT2D eigenvalue weighted by Crippen LogP contribution is 2.25. The quantitative estimate of drug-likeness (QED) is 0.805. The van der Waals surface area contributed by atoms with Gasteiger partial charge in [0.05, 0.1) is 27.7 Å². The maximum absolute atomic E-state index is 12.2. The highest BCUT2D eigenvalue weighted by molar-refractivity contribution is 7.14. The summed E-state index contributed by atoms with van der Waals surface area (Å²) < 4.78 is 0. The first-order chi connectivity index (χ1) is 8.77. The highest BCUT2D eigenvalue weighted by atomic mass is 32.1. The molecule has 0 atom stereocenters. The van der Waals surface area contributed by atoms with Crippen LogP contribution in [0.15, 0.2) is 5.38 Å². The summed E-state index contributed by atoms with van der Waals surface area (Å²) in [5, 5.41) is 3.88. The molecule has 0 saturated carbocycles. The van der Waals surface area contributed by atoms with Crippen LogP contribution in [0.2, 0.25) is 0 Å². The van der Waals surface area contributed by atoms with Gasteiger partial charge >= 0.3 is 0 Å². The van der Waals surface area contributed by atoms with Crippen molar-refractivity contribution in [1.82, 2.24) is 9.97 Å². The number of aromatic nitrogens is 2. The zero-order valence-electron chi connectivity index (χ0n) is 11.9. The number of Topliss-reactive ketones (excluding diaryl/α,β-unsaturated/α-hetero) is 1. The van der Waals surface area contributed by atoms with Gasteiger partial charge in [-0.05, 0) is 13.8 Å². The van der Waals surface area contributed by atoms with Crippen molar-refractivity contribution in [2.75, 3.05) is 0 Å². The number of aryl methyl sites for hydroxylation is 2. The smallest absolute Gasteiger partial charge is 0.181 e. The molecule has 19 heavy (non-hydrogen) atoms. The Bertz CT molecular complexity index is 605. The molecule has 0 fully saturated rings. The minimum atomic E-state index is 0.0365. The van der Waals surface area contributed by atoms with Crippen molar-refractivity contribution < 1.29 is 4.79 Å². The maximum atomic E-state index is 12.2. The minimum absolute atomic E-state index is 0.0365. The monoisotopic (exact) mass is 294 g/mol. The Hall–Kier alpha value is -1.07. The number of nitrogens with zero attached hydrogens (tertiary/aromatic N) is 2. The van der Waals surface area contributed by atoms with Crippen LogP contribution in [0, 0.1) is 13.8 Å². The fraction of sp³-hybridized carbons (Fsp3) is 0.500. The standard InChI is InChI=1S/C14H18N2OS2/c1-8-13(19-9(2)15-8)10(17)6-12-16-11(7-18-12)14(3,4)5/h7H,6H2,1-5H3. The summed E-state index contributed by atoms with van der Waals surface area (Å²) in [6.45, 7) is 10.2. The molecule has 0 aliphatic heterocycles. The van der Waals surface area contributed by atoms with Crippen molar-refractivity contribution in [3.63, 3.8) is 0 Å². The first-order valence-corrected chi connectivity index (χ1v) is 7.89. The van der Waals surface area contributed by atoms with E-state index in [0.29, 0.717) is 6.42 Å². The lowest BCUT2D eigenvalue weighted by atomic mass is 9.93. The van der Waals surface area contributed by atoms with Crippen molar-refractivity contribution >= 4 is 28.5 Å². The molecule has 0 amide bonds. The van der Waals surface area contributed by atoms with Crippen molar-refractivity contribution in [3.8, 4) is 0 Å². The van der Waals surface area contributed by atoms with Gasteiger partial charge in [-0.25, -0.2) is 9.97 Å². The van der Waals surface area contributed by atoms with Crippen molar-refractivity contribution in [1.29, 1.82) is 0 Å². The Labute approximate surface area is 121 Å². The second-order valence-corrected chi connectivity index (χ2v) is 7.77. The summed E-state index contributed by atoms with van der Waals surface area (Å²) in [4.78, 5) is 21.9. The molecule has 0 aliphatic carbocycles. The van der Waals surface area contributed by atoms with Crippen LogP contribution in [-0.2, 0) is 11.8 Å². The molecular weight excluding hydrogens is 276 g/mol. The van der Waals surface area contributed by atoms with Crippen molar-refractivity contribution in [2.24, 2.45) is 0 Å². The van der Waals surface area contributed by atoms with Gasteiger partial charge in [-0.15, -0.1) is 22.7 Å². The molecule has 0 N–H and O–H groups in total. The van der Waals surface area contributed by atoms with Crippen LogP contribution in [0.4, 0.5) is 0 Å². The SMILES string of the molecule is Cc1nc(C)c(C(=O)Cc2nc(C(C)(C)C)cs2)s1. The number of ketones is 1. The Morgan fingerprint density at radius 3 is 2.42 bits per heavy atom. The number of carbonyl (C=O) groups is 1. The lowest BCUT2D eigenvalue weighted by Crippen LogP contribution is -2.12. The van der Waals surface area contributed by atoms with Gasteiger partial charge in [-0.2, -0.15) is 0 Å². The molecule has 0 bridgehead atoms. The molecule has 2 aromatic heterocycles. The second kappa shape index (κ2) is 5.13. The largest absolute Gasteiger partial charge is 0.293 e. The summed E-state index contributed by atoms with van der Waals surface area (Å²) in [7, 11) is 0. The van der Waals surface area contributed by atoms with Crippen LogP contribution in [0.5, 0.6) is 0 Å². The highest BCUT2D eigenvalue weighted by Gasteiger charge is 2.20. The fourth-order valence-electron chi connectivity index (χ4n) is 1.74. The molecule has 3 nitrogen and oxygen atoms in total. The minimum Gasteiger partial charge on any atom is -0.293 e. The van der Waals surface area contributed by atoms with E-state index < -0.39 is 0 Å². The average molecular weight is 294 g/mol. The molecule has 2 heterocycles. The third-order valence-electron chi connectivity index (χ3n) is 2.79. The lowest BCUT2D eigenvalue weighted by molar-refractivity contribution is 0.0996. The number of rotatable bonds is 3. The third-order valence-corrected chi connectivity index (χ3v) is 4.75. The van der Waals surface area contributed by atoms with E-state index in [2.05, 4.69) is 30.7 Å². The van der Waals surface area contributed by atoms with Crippen LogP contribution in [-0.4, -0.2) is 15.8 Å². The van der Waals surface area contributed by atoms with Gasteiger partial charge in [0.2, 0.25) is 0 Å². The maximum Gasteiger partial charge on any atom is 0.181 e. The van der Waals surface area contributed by atoms with E-state index in [-0.39, 0.29) is 11.2 Å². The van der Waals surface area contributed by atoms with Crippen LogP contribution >= 0.6 is 22.7 Å². The molecule has 0 spiro atoms. The summed E-state index contributed by atoms with van der Waals surface area (Å²) in [6.07, 6.45) is 0.378.